The van der Waals surface area contributed by atoms with E-state index in [1.807, 2.05) is 35.9 Å². The summed E-state index contributed by atoms with van der Waals surface area (Å²) in [6.07, 6.45) is 1.82. The molecule has 0 spiro atoms. The molecule has 3 heterocycles. The first-order valence-corrected chi connectivity index (χ1v) is 13.5. The molecule has 1 aliphatic heterocycles. The van der Waals surface area contributed by atoms with Gasteiger partial charge in [-0.05, 0) is 44.2 Å². The van der Waals surface area contributed by atoms with Crippen LogP contribution in [0.2, 0.25) is 0 Å². The maximum atomic E-state index is 13.2. The van der Waals surface area contributed by atoms with Crippen LogP contribution in [0.5, 0.6) is 0 Å². The molecule has 1 amide bonds. The Labute approximate surface area is 214 Å². The van der Waals surface area contributed by atoms with Gasteiger partial charge in [0.1, 0.15) is 0 Å². The van der Waals surface area contributed by atoms with Gasteiger partial charge in [-0.2, -0.15) is 4.98 Å². The first-order chi connectivity index (χ1) is 17.7. The van der Waals surface area contributed by atoms with Gasteiger partial charge in [0, 0.05) is 36.8 Å². The predicted octanol–water partition coefficient (Wildman–Crippen LogP) is 2.75. The second-order valence-electron chi connectivity index (χ2n) is 8.96. The fraction of sp³-hybridized carbons (Fsp3) is 0.320. The second-order valence-corrected chi connectivity index (χ2v) is 10.5. The molecule has 0 aliphatic carbocycles. The number of amides is 1. The number of hydrogen-bond acceptors (Lipinski definition) is 8. The van der Waals surface area contributed by atoms with E-state index in [1.165, 1.54) is 12.1 Å². The smallest absolute Gasteiger partial charge is 0.257 e. The van der Waals surface area contributed by atoms with Crippen LogP contribution < -0.4 is 10.5 Å². The Hall–Kier alpha value is -3.58. The van der Waals surface area contributed by atoms with Crippen molar-refractivity contribution in [3.8, 4) is 11.4 Å². The van der Waals surface area contributed by atoms with E-state index < -0.39 is 15.9 Å². The first kappa shape index (κ1) is 25.1. The molecule has 11 nitrogen and oxygen atoms in total. The van der Waals surface area contributed by atoms with Gasteiger partial charge in [-0.15, -0.1) is 0 Å². The lowest BCUT2D eigenvalue weighted by Gasteiger charge is -2.24. The normalized spacial score (nSPS) is 14.8. The number of nitrogens with two attached hydrogens (primary N) is 1. The molecule has 4 aromatic rings. The van der Waals surface area contributed by atoms with Crippen molar-refractivity contribution in [3.05, 3.63) is 59.6 Å². The summed E-state index contributed by atoms with van der Waals surface area (Å²) in [7, 11) is -4.08. The van der Waals surface area contributed by atoms with Gasteiger partial charge in [0.05, 0.1) is 41.4 Å². The lowest BCUT2D eigenvalue weighted by molar-refractivity contribution is 0.0297. The van der Waals surface area contributed by atoms with Gasteiger partial charge in [-0.25, -0.2) is 13.6 Å². The molecule has 2 aromatic carbocycles. The molecular weight excluding hydrogens is 496 g/mol. The highest BCUT2D eigenvalue weighted by molar-refractivity contribution is 7.89. The minimum atomic E-state index is -4.08. The van der Waals surface area contributed by atoms with E-state index in [0.29, 0.717) is 43.7 Å². The van der Waals surface area contributed by atoms with Gasteiger partial charge in [-0.1, -0.05) is 16.8 Å². The summed E-state index contributed by atoms with van der Waals surface area (Å²) in [5, 5.41) is 13.1. The molecule has 5 rings (SSSR count). The van der Waals surface area contributed by atoms with Crippen molar-refractivity contribution < 1.29 is 22.5 Å². The average Bonchev–Trinajstić information content (AvgIpc) is 3.48. The lowest BCUT2D eigenvalue weighted by Crippen LogP contribution is -2.35. The zero-order chi connectivity index (χ0) is 26.2. The van der Waals surface area contributed by atoms with Crippen LogP contribution in [0.3, 0.4) is 0 Å². The summed E-state index contributed by atoms with van der Waals surface area (Å²) >= 11 is 0. The van der Waals surface area contributed by atoms with Gasteiger partial charge in [-0.3, -0.25) is 9.69 Å². The van der Waals surface area contributed by atoms with Crippen LogP contribution in [-0.2, 0) is 27.8 Å². The van der Waals surface area contributed by atoms with Crippen molar-refractivity contribution in [1.29, 1.82) is 0 Å². The number of nitrogens with zero attached hydrogens (tertiary/aromatic N) is 4. The molecule has 0 radical (unpaired) electrons. The van der Waals surface area contributed by atoms with Crippen molar-refractivity contribution in [2.45, 2.75) is 31.8 Å². The molecule has 12 heteroatoms. The third kappa shape index (κ3) is 5.27. The zero-order valence-electron chi connectivity index (χ0n) is 20.6. The number of ether oxygens (including phenoxy) is 1. The molecule has 2 aromatic heterocycles. The predicted molar refractivity (Wildman–Crippen MR) is 138 cm³/mol. The molecule has 0 atom stereocenters. The Balaban J connectivity index is 1.47. The quantitative estimate of drug-likeness (QED) is 0.375. The SMILES string of the molecule is CCn1cc(NC(=O)c2cc(C)ccc2S(N)(=O)=O)c2cc(-c3noc(CN4CCOCC4)n3)ccc21. The molecule has 0 saturated carbocycles. The Morgan fingerprint density at radius 2 is 1.95 bits per heavy atom. The van der Waals surface area contributed by atoms with Crippen LogP contribution in [0.15, 0.2) is 52.0 Å². The van der Waals surface area contributed by atoms with E-state index in [9.17, 15) is 13.2 Å². The number of primary sulfonamides is 1. The number of hydrogen-bond donors (Lipinski definition) is 2. The lowest BCUT2D eigenvalue weighted by atomic mass is 10.1. The van der Waals surface area contributed by atoms with Gasteiger partial charge in [0.15, 0.2) is 0 Å². The van der Waals surface area contributed by atoms with E-state index in [1.54, 1.807) is 13.0 Å². The van der Waals surface area contributed by atoms with Crippen LogP contribution in [0.4, 0.5) is 5.69 Å². The van der Waals surface area contributed by atoms with E-state index in [0.717, 1.165) is 35.1 Å². The molecule has 1 saturated heterocycles. The van der Waals surface area contributed by atoms with Crippen molar-refractivity contribution in [1.82, 2.24) is 19.6 Å². The zero-order valence-corrected chi connectivity index (χ0v) is 21.4. The number of fused-ring (bicyclic) bond motifs is 1. The monoisotopic (exact) mass is 524 g/mol. The van der Waals surface area contributed by atoms with Crippen LogP contribution in [0.1, 0.15) is 28.7 Å². The summed E-state index contributed by atoms with van der Waals surface area (Å²) in [6, 6.07) is 10.2. The molecule has 3 N–H and O–H groups in total. The van der Waals surface area contributed by atoms with E-state index >= 15 is 0 Å². The maximum Gasteiger partial charge on any atom is 0.257 e. The topological polar surface area (TPSA) is 146 Å². The minimum absolute atomic E-state index is 0.0121. The number of rotatable bonds is 7. The van der Waals surface area contributed by atoms with Gasteiger partial charge in [0.2, 0.25) is 21.7 Å². The number of benzene rings is 2. The highest BCUT2D eigenvalue weighted by Crippen LogP contribution is 2.31. The van der Waals surface area contributed by atoms with Crippen LogP contribution in [-0.4, -0.2) is 60.2 Å². The Morgan fingerprint density at radius 3 is 2.68 bits per heavy atom. The first-order valence-electron chi connectivity index (χ1n) is 11.9. The molecule has 1 fully saturated rings. The third-order valence-electron chi connectivity index (χ3n) is 6.35. The van der Waals surface area contributed by atoms with Crippen molar-refractivity contribution in [3.63, 3.8) is 0 Å². The number of carbonyl (C=O) groups excluding carboxylic acids is 1. The molecule has 37 heavy (non-hydrogen) atoms. The number of aryl methyl sites for hydroxylation is 2. The summed E-state index contributed by atoms with van der Waals surface area (Å²) in [4.78, 5) is 19.8. The van der Waals surface area contributed by atoms with Crippen LogP contribution in [0, 0.1) is 6.92 Å². The highest BCUT2D eigenvalue weighted by atomic mass is 32.2. The number of anilines is 1. The average molecular weight is 525 g/mol. The highest BCUT2D eigenvalue weighted by Gasteiger charge is 2.22. The molecular formula is C25H28N6O5S. The van der Waals surface area contributed by atoms with Gasteiger partial charge in [0.25, 0.3) is 5.91 Å². The fourth-order valence-electron chi connectivity index (χ4n) is 4.44. The Bertz CT molecular complexity index is 1570. The largest absolute Gasteiger partial charge is 0.379 e. The Morgan fingerprint density at radius 1 is 1.16 bits per heavy atom. The second kappa shape index (κ2) is 10.1. The van der Waals surface area contributed by atoms with Crippen LogP contribution in [0.25, 0.3) is 22.3 Å². The maximum absolute atomic E-state index is 13.2. The van der Waals surface area contributed by atoms with Gasteiger partial charge < -0.3 is 19.1 Å². The number of carbonyl (C=O) groups is 1. The number of morpholine rings is 1. The number of nitrogens with one attached hydrogen (secondary N) is 1. The number of sulfonamides is 1. The summed E-state index contributed by atoms with van der Waals surface area (Å²) < 4.78 is 37.0. The Kier molecular flexibility index (Phi) is 6.82. The van der Waals surface area contributed by atoms with Crippen LogP contribution >= 0.6 is 0 Å². The molecule has 1 aliphatic rings. The summed E-state index contributed by atoms with van der Waals surface area (Å²) in [5.41, 5.74) is 2.88. The van der Waals surface area contributed by atoms with Crippen molar-refractivity contribution in [2.75, 3.05) is 31.6 Å². The van der Waals surface area contributed by atoms with Crippen molar-refractivity contribution in [2.24, 2.45) is 5.14 Å². The van der Waals surface area contributed by atoms with Gasteiger partial charge >= 0.3 is 0 Å². The summed E-state index contributed by atoms with van der Waals surface area (Å²) in [6.45, 7) is 7.98. The van der Waals surface area contributed by atoms with E-state index in [2.05, 4.69) is 20.4 Å². The molecule has 0 unspecified atom stereocenters. The summed E-state index contributed by atoms with van der Waals surface area (Å²) in [5.74, 6) is 0.397. The molecule has 194 valence electrons. The van der Waals surface area contributed by atoms with E-state index in [-0.39, 0.29) is 10.5 Å². The minimum Gasteiger partial charge on any atom is -0.379 e. The standard InChI is InChI=1S/C25H28N6O5S/c1-3-31-14-20(27-25(32)19-12-16(2)4-7-22(19)37(26,33)34)18-13-17(5-6-21(18)31)24-28-23(36-29-24)15-30-8-10-35-11-9-30/h4-7,12-14H,3,8-11,15H2,1-2H3,(H,27,32)(H2,26,33,34). The molecule has 0 bridgehead atoms. The van der Waals surface area contributed by atoms with E-state index in [4.69, 9.17) is 14.4 Å². The van der Waals surface area contributed by atoms with Crippen molar-refractivity contribution >= 4 is 32.5 Å². The fourth-order valence-corrected chi connectivity index (χ4v) is 5.16. The third-order valence-corrected chi connectivity index (χ3v) is 7.31. The number of aromatic nitrogens is 3.